The highest BCUT2D eigenvalue weighted by molar-refractivity contribution is 7.89. The number of aryl methyl sites for hydroxylation is 1. The van der Waals surface area contributed by atoms with E-state index in [1.54, 1.807) is 6.92 Å². The van der Waals surface area contributed by atoms with Crippen molar-refractivity contribution in [2.45, 2.75) is 31.1 Å². The number of nitrogens with zero attached hydrogens (tertiary/aromatic N) is 3. The first-order chi connectivity index (χ1) is 15.2. The Morgan fingerprint density at radius 2 is 1.88 bits per heavy atom. The summed E-state index contributed by atoms with van der Waals surface area (Å²) in [6, 6.07) is 7.19. The van der Waals surface area contributed by atoms with Gasteiger partial charge in [0.25, 0.3) is 5.91 Å². The Balaban J connectivity index is 1.75. The molecule has 1 aliphatic rings. The molecule has 11 nitrogen and oxygen atoms in total. The number of aromatic nitrogens is 1. The molecule has 1 saturated heterocycles. The molecule has 0 bridgehead atoms. The van der Waals surface area contributed by atoms with Crippen LogP contribution < -0.4 is 14.8 Å². The second-order valence-electron chi connectivity index (χ2n) is 7.20. The molecule has 1 aromatic carbocycles. The Bertz CT molecular complexity index is 1110. The van der Waals surface area contributed by atoms with E-state index in [0.717, 1.165) is 19.3 Å². The van der Waals surface area contributed by atoms with E-state index >= 15 is 0 Å². The van der Waals surface area contributed by atoms with Gasteiger partial charge >= 0.3 is 5.82 Å². The molecule has 1 amide bonds. The Kier molecular flexibility index (Phi) is 7.26. The summed E-state index contributed by atoms with van der Waals surface area (Å²) in [7, 11) is -2.42. The molecule has 0 spiro atoms. The van der Waals surface area contributed by atoms with Crippen LogP contribution in [0.25, 0.3) is 0 Å². The number of pyridine rings is 1. The number of carbonyl (C=O) groups is 1. The molecule has 12 heteroatoms. The zero-order valence-electron chi connectivity index (χ0n) is 17.7. The van der Waals surface area contributed by atoms with Gasteiger partial charge in [-0.25, -0.2) is 8.42 Å². The van der Waals surface area contributed by atoms with Gasteiger partial charge in [0.15, 0.2) is 6.61 Å². The summed E-state index contributed by atoms with van der Waals surface area (Å²) in [4.78, 5) is 26.5. The number of rotatable bonds is 8. The van der Waals surface area contributed by atoms with Gasteiger partial charge in [-0.15, -0.1) is 0 Å². The number of anilines is 1. The van der Waals surface area contributed by atoms with Gasteiger partial charge in [0.05, 0.1) is 7.11 Å². The molecule has 1 N–H and O–H groups in total. The molecule has 1 aromatic heterocycles. The van der Waals surface area contributed by atoms with Crippen molar-refractivity contribution in [3.8, 4) is 11.5 Å². The minimum atomic E-state index is -3.80. The van der Waals surface area contributed by atoms with Gasteiger partial charge in [0.1, 0.15) is 16.3 Å². The highest BCUT2D eigenvalue weighted by atomic mass is 32.2. The first kappa shape index (κ1) is 23.4. The van der Waals surface area contributed by atoms with Crippen LogP contribution in [-0.2, 0) is 14.8 Å². The molecule has 2 heterocycles. The van der Waals surface area contributed by atoms with E-state index in [2.05, 4.69) is 10.3 Å². The van der Waals surface area contributed by atoms with Crippen molar-refractivity contribution in [3.63, 3.8) is 0 Å². The van der Waals surface area contributed by atoms with Crippen LogP contribution in [0.5, 0.6) is 11.5 Å². The summed E-state index contributed by atoms with van der Waals surface area (Å²) in [5.74, 6) is -1.08. The number of ether oxygens (including phenoxy) is 2. The maximum absolute atomic E-state index is 13.1. The lowest BCUT2D eigenvalue weighted by atomic mass is 10.2. The fraction of sp³-hybridized carbons (Fsp3) is 0.400. The van der Waals surface area contributed by atoms with E-state index in [0.29, 0.717) is 18.8 Å². The number of nitro groups is 1. The third kappa shape index (κ3) is 5.32. The van der Waals surface area contributed by atoms with Crippen LogP contribution in [0, 0.1) is 17.0 Å². The third-order valence-corrected chi connectivity index (χ3v) is 6.81. The number of carbonyl (C=O) groups excluding carboxylic acids is 1. The number of hydrogen-bond acceptors (Lipinski definition) is 8. The molecule has 1 aliphatic heterocycles. The number of benzene rings is 1. The highest BCUT2D eigenvalue weighted by Gasteiger charge is 2.29. The molecule has 3 rings (SSSR count). The molecule has 2 aromatic rings. The summed E-state index contributed by atoms with van der Waals surface area (Å²) in [5.41, 5.74) is 0.667. The van der Waals surface area contributed by atoms with Crippen molar-refractivity contribution in [2.75, 3.05) is 32.1 Å². The maximum atomic E-state index is 13.1. The minimum absolute atomic E-state index is 0.0426. The fourth-order valence-electron chi connectivity index (χ4n) is 3.31. The van der Waals surface area contributed by atoms with Crippen LogP contribution in [0.15, 0.2) is 35.2 Å². The van der Waals surface area contributed by atoms with E-state index in [4.69, 9.17) is 9.47 Å². The van der Waals surface area contributed by atoms with Crippen LogP contribution in [0.4, 0.5) is 11.5 Å². The Morgan fingerprint density at radius 1 is 1.19 bits per heavy atom. The van der Waals surface area contributed by atoms with Crippen molar-refractivity contribution >= 4 is 27.4 Å². The minimum Gasteiger partial charge on any atom is -0.495 e. The zero-order valence-corrected chi connectivity index (χ0v) is 18.6. The van der Waals surface area contributed by atoms with Crippen LogP contribution in [0.3, 0.4) is 0 Å². The highest BCUT2D eigenvalue weighted by Crippen LogP contribution is 2.31. The lowest BCUT2D eigenvalue weighted by molar-refractivity contribution is -0.390. The fourth-order valence-corrected chi connectivity index (χ4v) is 5.01. The molecule has 0 saturated carbocycles. The van der Waals surface area contributed by atoms with E-state index in [1.165, 1.54) is 41.7 Å². The predicted molar refractivity (Wildman–Crippen MR) is 115 cm³/mol. The Labute approximate surface area is 185 Å². The number of hydrogen-bond donors (Lipinski definition) is 1. The van der Waals surface area contributed by atoms with Crippen molar-refractivity contribution in [1.29, 1.82) is 0 Å². The summed E-state index contributed by atoms with van der Waals surface area (Å²) < 4.78 is 38.1. The number of piperidine rings is 1. The standard InChI is InChI=1S/C20H24N4O7S/c1-14-6-8-17(20(21-14)24(26)27)31-13-19(25)22-15-7-9-16(30-2)18(12-15)32(28,29)23-10-4-3-5-11-23/h6-9,12H,3-5,10-11,13H2,1-2H3,(H,22,25). The molecule has 0 radical (unpaired) electrons. The van der Waals surface area contributed by atoms with Crippen LogP contribution in [0.1, 0.15) is 25.0 Å². The van der Waals surface area contributed by atoms with Crippen molar-refractivity contribution < 1.29 is 27.6 Å². The van der Waals surface area contributed by atoms with Crippen molar-refractivity contribution in [3.05, 3.63) is 46.1 Å². The Hall–Kier alpha value is -3.25. The molecule has 32 heavy (non-hydrogen) atoms. The van der Waals surface area contributed by atoms with Gasteiger partial charge in [-0.05, 0) is 53.1 Å². The molecule has 0 aliphatic carbocycles. The second-order valence-corrected chi connectivity index (χ2v) is 9.11. The molecule has 172 valence electrons. The number of methoxy groups -OCH3 is 1. The number of sulfonamides is 1. The summed E-state index contributed by atoms with van der Waals surface area (Å²) in [6.07, 6.45) is 2.55. The average Bonchev–Trinajstić information content (AvgIpc) is 2.78. The molecule has 0 atom stereocenters. The SMILES string of the molecule is COc1ccc(NC(=O)COc2ccc(C)nc2[N+](=O)[O-])cc1S(=O)(=O)N1CCCCC1. The summed E-state index contributed by atoms with van der Waals surface area (Å²) in [6.45, 7) is 1.94. The quantitative estimate of drug-likeness (QED) is 0.464. The molecule has 0 unspecified atom stereocenters. The van der Waals surface area contributed by atoms with E-state index in [-0.39, 0.29) is 22.1 Å². The van der Waals surface area contributed by atoms with Gasteiger partial charge in [0, 0.05) is 25.7 Å². The predicted octanol–water partition coefficient (Wildman–Crippen LogP) is 2.50. The largest absolute Gasteiger partial charge is 0.495 e. The van der Waals surface area contributed by atoms with Crippen molar-refractivity contribution in [1.82, 2.24) is 9.29 Å². The van der Waals surface area contributed by atoms with Crippen molar-refractivity contribution in [2.24, 2.45) is 0 Å². The van der Waals surface area contributed by atoms with Crippen LogP contribution in [0.2, 0.25) is 0 Å². The van der Waals surface area contributed by atoms with Gasteiger partial charge in [-0.3, -0.25) is 4.79 Å². The smallest absolute Gasteiger partial charge is 0.406 e. The lowest BCUT2D eigenvalue weighted by Gasteiger charge is -2.26. The van der Waals surface area contributed by atoms with Gasteiger partial charge in [-0.2, -0.15) is 4.31 Å². The summed E-state index contributed by atoms with van der Waals surface area (Å²) in [5, 5.41) is 13.7. The van der Waals surface area contributed by atoms with E-state index < -0.39 is 33.3 Å². The molecular formula is C20H24N4O7S. The van der Waals surface area contributed by atoms with E-state index in [9.17, 15) is 23.3 Å². The maximum Gasteiger partial charge on any atom is 0.406 e. The second kappa shape index (κ2) is 9.92. The topological polar surface area (TPSA) is 141 Å². The van der Waals surface area contributed by atoms with Gasteiger partial charge < -0.3 is 24.9 Å². The van der Waals surface area contributed by atoms with Crippen LogP contribution in [-0.4, -0.2) is 55.3 Å². The Morgan fingerprint density at radius 3 is 2.53 bits per heavy atom. The number of nitrogens with one attached hydrogen (secondary N) is 1. The van der Waals surface area contributed by atoms with E-state index in [1.807, 2.05) is 0 Å². The summed E-state index contributed by atoms with van der Waals surface area (Å²) >= 11 is 0. The first-order valence-electron chi connectivity index (χ1n) is 9.95. The number of amides is 1. The zero-order chi connectivity index (χ0) is 23.3. The third-order valence-electron chi connectivity index (χ3n) is 4.89. The normalized spacial score (nSPS) is 14.6. The first-order valence-corrected chi connectivity index (χ1v) is 11.4. The lowest BCUT2D eigenvalue weighted by Crippen LogP contribution is -2.35. The monoisotopic (exact) mass is 464 g/mol. The van der Waals surface area contributed by atoms with Gasteiger partial charge in [-0.1, -0.05) is 6.42 Å². The van der Waals surface area contributed by atoms with Crippen LogP contribution >= 0.6 is 0 Å². The molecular weight excluding hydrogens is 440 g/mol. The van der Waals surface area contributed by atoms with Gasteiger partial charge in [0.2, 0.25) is 15.8 Å². The average molecular weight is 465 g/mol. The molecule has 1 fully saturated rings.